The van der Waals surface area contributed by atoms with Crippen LogP contribution in [0.4, 0.5) is 0 Å². The number of carbonyl (C=O) groups is 1. The average molecular weight is 272 g/mol. The number of para-hydroxylation sites is 1. The van der Waals surface area contributed by atoms with Crippen LogP contribution in [0.2, 0.25) is 0 Å². The van der Waals surface area contributed by atoms with Crippen molar-refractivity contribution >= 4 is 27.5 Å². The summed E-state index contributed by atoms with van der Waals surface area (Å²) in [4.78, 5) is 16.3. The van der Waals surface area contributed by atoms with Crippen LogP contribution in [0.1, 0.15) is 21.3 Å². The summed E-state index contributed by atoms with van der Waals surface area (Å²) < 4.78 is 6.39. The minimum atomic E-state index is -0.215. The maximum atomic E-state index is 11.8. The van der Waals surface area contributed by atoms with Gasteiger partial charge in [0, 0.05) is 0 Å². The number of hydrogen-bond acceptors (Lipinski definition) is 4. The van der Waals surface area contributed by atoms with Crippen molar-refractivity contribution in [2.75, 3.05) is 0 Å². The Morgan fingerprint density at radius 2 is 2.16 bits per heavy atom. The zero-order chi connectivity index (χ0) is 13.2. The fourth-order valence-corrected chi connectivity index (χ4v) is 2.70. The molecule has 1 amide bonds. The molecule has 4 nitrogen and oxygen atoms in total. The van der Waals surface area contributed by atoms with Gasteiger partial charge in [0.05, 0.1) is 16.8 Å². The molecule has 0 fully saturated rings. The van der Waals surface area contributed by atoms with Gasteiger partial charge >= 0.3 is 0 Å². The summed E-state index contributed by atoms with van der Waals surface area (Å²) in [5, 5.41) is 3.69. The molecule has 96 valence electrons. The van der Waals surface area contributed by atoms with E-state index in [0.717, 1.165) is 21.0 Å². The number of thiazole rings is 1. The number of furan rings is 1. The Kier molecular flexibility index (Phi) is 3.05. The van der Waals surface area contributed by atoms with Crippen LogP contribution in [0.15, 0.2) is 40.8 Å². The lowest BCUT2D eigenvalue weighted by atomic mass is 10.3. The molecule has 0 spiro atoms. The Balaban J connectivity index is 1.70. The zero-order valence-electron chi connectivity index (χ0n) is 10.3. The van der Waals surface area contributed by atoms with E-state index in [1.54, 1.807) is 23.5 Å². The molecule has 5 heteroatoms. The number of benzene rings is 1. The summed E-state index contributed by atoms with van der Waals surface area (Å²) in [5.41, 5.74) is 0.964. The van der Waals surface area contributed by atoms with Gasteiger partial charge in [0.1, 0.15) is 10.8 Å². The van der Waals surface area contributed by atoms with E-state index in [0.29, 0.717) is 12.3 Å². The van der Waals surface area contributed by atoms with Gasteiger partial charge in [0.15, 0.2) is 5.76 Å². The van der Waals surface area contributed by atoms with Crippen LogP contribution in [-0.4, -0.2) is 10.9 Å². The van der Waals surface area contributed by atoms with Crippen molar-refractivity contribution < 1.29 is 9.21 Å². The minimum Gasteiger partial charge on any atom is -0.456 e. The lowest BCUT2D eigenvalue weighted by Crippen LogP contribution is -2.22. The van der Waals surface area contributed by atoms with E-state index in [1.807, 2.05) is 31.2 Å². The summed E-state index contributed by atoms with van der Waals surface area (Å²) in [6.45, 7) is 2.22. The van der Waals surface area contributed by atoms with Crippen molar-refractivity contribution in [3.05, 3.63) is 52.9 Å². The monoisotopic (exact) mass is 272 g/mol. The molecule has 0 radical (unpaired) electrons. The maximum absolute atomic E-state index is 11.8. The number of hydrogen-bond donors (Lipinski definition) is 1. The van der Waals surface area contributed by atoms with Crippen molar-refractivity contribution in [2.24, 2.45) is 0 Å². The molecule has 0 bridgehead atoms. The Labute approximate surface area is 114 Å². The van der Waals surface area contributed by atoms with Gasteiger partial charge < -0.3 is 9.73 Å². The van der Waals surface area contributed by atoms with Crippen LogP contribution < -0.4 is 5.32 Å². The van der Waals surface area contributed by atoms with E-state index in [4.69, 9.17) is 4.42 Å². The Bertz CT molecular complexity index is 697. The molecule has 0 aliphatic rings. The summed E-state index contributed by atoms with van der Waals surface area (Å²) >= 11 is 1.58. The molecule has 0 unspecified atom stereocenters. The number of nitrogens with zero attached hydrogens (tertiary/aromatic N) is 1. The molecule has 0 atom stereocenters. The molecule has 19 heavy (non-hydrogen) atoms. The number of nitrogens with one attached hydrogen (secondary N) is 1. The topological polar surface area (TPSA) is 55.1 Å². The van der Waals surface area contributed by atoms with Crippen molar-refractivity contribution in [1.82, 2.24) is 10.3 Å². The van der Waals surface area contributed by atoms with Gasteiger partial charge in [0.25, 0.3) is 5.91 Å². The molecule has 0 aliphatic heterocycles. The molecule has 3 aromatic rings. The van der Waals surface area contributed by atoms with Crippen molar-refractivity contribution in [3.63, 3.8) is 0 Å². The molecule has 0 aliphatic carbocycles. The molecular formula is C14H12N2O2S. The average Bonchev–Trinajstić information content (AvgIpc) is 3.01. The Hall–Kier alpha value is -2.14. The van der Waals surface area contributed by atoms with Gasteiger partial charge in [-0.15, -0.1) is 11.3 Å². The van der Waals surface area contributed by atoms with E-state index in [9.17, 15) is 4.79 Å². The van der Waals surface area contributed by atoms with E-state index in [2.05, 4.69) is 10.3 Å². The van der Waals surface area contributed by atoms with E-state index >= 15 is 0 Å². The van der Waals surface area contributed by atoms with Gasteiger partial charge in [-0.2, -0.15) is 0 Å². The normalized spacial score (nSPS) is 10.8. The maximum Gasteiger partial charge on any atom is 0.287 e. The van der Waals surface area contributed by atoms with Gasteiger partial charge in [-0.05, 0) is 31.2 Å². The minimum absolute atomic E-state index is 0.215. The Morgan fingerprint density at radius 3 is 2.89 bits per heavy atom. The summed E-state index contributed by atoms with van der Waals surface area (Å²) in [6.07, 6.45) is 0. The summed E-state index contributed by atoms with van der Waals surface area (Å²) in [7, 11) is 0. The number of amides is 1. The Morgan fingerprint density at radius 1 is 1.32 bits per heavy atom. The second-order valence-corrected chi connectivity index (χ2v) is 5.28. The fraction of sp³-hybridized carbons (Fsp3) is 0.143. The lowest BCUT2D eigenvalue weighted by molar-refractivity contribution is 0.0922. The standard InChI is InChI=1S/C14H12N2O2S/c1-9-6-7-11(18-9)14(17)15-8-13-16-10-4-2-3-5-12(10)19-13/h2-7H,8H2,1H3,(H,15,17). The van der Waals surface area contributed by atoms with Crippen LogP contribution >= 0.6 is 11.3 Å². The van der Waals surface area contributed by atoms with Crippen LogP contribution in [0.3, 0.4) is 0 Å². The van der Waals surface area contributed by atoms with E-state index in [1.165, 1.54) is 0 Å². The highest BCUT2D eigenvalue weighted by Gasteiger charge is 2.10. The third kappa shape index (κ3) is 2.51. The summed E-state index contributed by atoms with van der Waals surface area (Å²) in [5.74, 6) is 0.844. The van der Waals surface area contributed by atoms with Crippen molar-refractivity contribution in [1.29, 1.82) is 0 Å². The quantitative estimate of drug-likeness (QED) is 0.797. The molecule has 2 heterocycles. The van der Waals surface area contributed by atoms with Crippen LogP contribution in [0.25, 0.3) is 10.2 Å². The molecule has 0 saturated heterocycles. The van der Waals surface area contributed by atoms with Crippen LogP contribution in [0.5, 0.6) is 0 Å². The second kappa shape index (κ2) is 4.85. The number of aromatic nitrogens is 1. The first-order chi connectivity index (χ1) is 9.22. The first kappa shape index (κ1) is 11.9. The highest BCUT2D eigenvalue weighted by molar-refractivity contribution is 7.18. The zero-order valence-corrected chi connectivity index (χ0v) is 11.2. The number of rotatable bonds is 3. The predicted octanol–water partition coefficient (Wildman–Crippen LogP) is 3.13. The molecule has 3 rings (SSSR count). The van der Waals surface area contributed by atoms with Crippen LogP contribution in [-0.2, 0) is 6.54 Å². The van der Waals surface area contributed by atoms with Gasteiger partial charge in [-0.25, -0.2) is 4.98 Å². The van der Waals surface area contributed by atoms with Gasteiger partial charge in [0.2, 0.25) is 0 Å². The van der Waals surface area contributed by atoms with Crippen molar-refractivity contribution in [3.8, 4) is 0 Å². The predicted molar refractivity (Wildman–Crippen MR) is 74.2 cm³/mol. The smallest absolute Gasteiger partial charge is 0.287 e. The number of carbonyl (C=O) groups excluding carboxylic acids is 1. The summed E-state index contributed by atoms with van der Waals surface area (Å²) in [6, 6.07) is 11.4. The second-order valence-electron chi connectivity index (χ2n) is 4.17. The third-order valence-corrected chi connectivity index (χ3v) is 3.74. The molecular weight excluding hydrogens is 260 g/mol. The molecule has 1 aromatic carbocycles. The first-order valence-corrected chi connectivity index (χ1v) is 6.73. The number of aryl methyl sites for hydroxylation is 1. The largest absolute Gasteiger partial charge is 0.456 e. The van der Waals surface area contributed by atoms with Crippen LogP contribution in [0, 0.1) is 6.92 Å². The highest BCUT2D eigenvalue weighted by atomic mass is 32.1. The fourth-order valence-electron chi connectivity index (χ4n) is 1.80. The first-order valence-electron chi connectivity index (χ1n) is 5.91. The van der Waals surface area contributed by atoms with Crippen molar-refractivity contribution in [2.45, 2.75) is 13.5 Å². The molecule has 1 N–H and O–H groups in total. The number of fused-ring (bicyclic) bond motifs is 1. The molecule has 0 saturated carbocycles. The third-order valence-electron chi connectivity index (χ3n) is 2.70. The lowest BCUT2D eigenvalue weighted by Gasteiger charge is -1.99. The van der Waals surface area contributed by atoms with Gasteiger partial charge in [-0.3, -0.25) is 4.79 Å². The SMILES string of the molecule is Cc1ccc(C(=O)NCc2nc3ccccc3s2)o1. The van der Waals surface area contributed by atoms with Gasteiger partial charge in [-0.1, -0.05) is 12.1 Å². The molecule has 2 aromatic heterocycles. The van der Waals surface area contributed by atoms with E-state index < -0.39 is 0 Å². The highest BCUT2D eigenvalue weighted by Crippen LogP contribution is 2.21. The van der Waals surface area contributed by atoms with E-state index in [-0.39, 0.29) is 5.91 Å².